The lowest BCUT2D eigenvalue weighted by Gasteiger charge is -2.27. The molecule has 2 fully saturated rings. The van der Waals surface area contributed by atoms with E-state index in [2.05, 4.69) is 9.88 Å². The summed E-state index contributed by atoms with van der Waals surface area (Å²) in [5.74, 6) is 0. The zero-order chi connectivity index (χ0) is 13.1. The fourth-order valence-corrected chi connectivity index (χ4v) is 2.32. The van der Waals surface area contributed by atoms with Crippen molar-refractivity contribution in [2.75, 3.05) is 45.3 Å². The zero-order valence-corrected chi connectivity index (χ0v) is 10.9. The molecule has 6 nitrogen and oxygen atoms in total. The summed E-state index contributed by atoms with van der Waals surface area (Å²) in [6.07, 6.45) is 1.35. The molecule has 0 atom stereocenters. The number of nitrogen functional groups attached to an aromatic ring is 1. The van der Waals surface area contributed by atoms with Crippen LogP contribution in [0.4, 0.5) is 5.69 Å². The van der Waals surface area contributed by atoms with Gasteiger partial charge in [0.2, 0.25) is 6.29 Å². The third kappa shape index (κ3) is 3.03. The lowest BCUT2D eigenvalue weighted by Crippen LogP contribution is -2.35. The van der Waals surface area contributed by atoms with Gasteiger partial charge in [-0.15, -0.1) is 0 Å². The Morgan fingerprint density at radius 3 is 2.68 bits per heavy atom. The van der Waals surface area contributed by atoms with Crippen molar-refractivity contribution in [1.82, 2.24) is 9.88 Å². The second-order valence-electron chi connectivity index (χ2n) is 4.77. The van der Waals surface area contributed by atoms with Gasteiger partial charge in [0.25, 0.3) is 0 Å². The third-order valence-electron chi connectivity index (χ3n) is 3.41. The molecule has 1 aromatic rings. The normalized spacial score (nSPS) is 21.9. The summed E-state index contributed by atoms with van der Waals surface area (Å²) in [4.78, 5) is 6.62. The highest BCUT2D eigenvalue weighted by Crippen LogP contribution is 2.24. The fraction of sp³-hybridized carbons (Fsp3) is 0.615. The van der Waals surface area contributed by atoms with Crippen LogP contribution in [0, 0.1) is 0 Å². The first-order valence-corrected chi connectivity index (χ1v) is 6.60. The van der Waals surface area contributed by atoms with Gasteiger partial charge in [0, 0.05) is 19.6 Å². The molecule has 0 saturated carbocycles. The summed E-state index contributed by atoms with van der Waals surface area (Å²) < 4.78 is 16.3. The van der Waals surface area contributed by atoms with Gasteiger partial charge in [-0.05, 0) is 11.6 Å². The van der Waals surface area contributed by atoms with E-state index in [1.165, 1.54) is 0 Å². The van der Waals surface area contributed by atoms with E-state index in [-0.39, 0.29) is 6.29 Å². The molecule has 3 rings (SSSR count). The van der Waals surface area contributed by atoms with Crippen LogP contribution in [0.3, 0.4) is 0 Å². The molecule has 6 heteroatoms. The molecule has 104 valence electrons. The van der Waals surface area contributed by atoms with Gasteiger partial charge >= 0.3 is 0 Å². The monoisotopic (exact) mass is 265 g/mol. The molecular formula is C13H19N3O3. The Labute approximate surface area is 112 Å². The average Bonchev–Trinajstić information content (AvgIpc) is 2.96. The van der Waals surface area contributed by atoms with E-state index in [1.54, 1.807) is 6.20 Å². The number of nitrogens with two attached hydrogens (primary N) is 1. The number of anilines is 1. The van der Waals surface area contributed by atoms with E-state index >= 15 is 0 Å². The van der Waals surface area contributed by atoms with E-state index in [4.69, 9.17) is 19.9 Å². The number of hydrogen-bond donors (Lipinski definition) is 1. The summed E-state index contributed by atoms with van der Waals surface area (Å²) in [5.41, 5.74) is 8.60. The number of morpholine rings is 1. The molecule has 0 aromatic carbocycles. The molecule has 0 amide bonds. The van der Waals surface area contributed by atoms with Crippen LogP contribution in [0.2, 0.25) is 0 Å². The Hall–Kier alpha value is -1.21. The molecule has 2 aliphatic rings. The van der Waals surface area contributed by atoms with E-state index < -0.39 is 0 Å². The average molecular weight is 265 g/mol. The highest BCUT2D eigenvalue weighted by atomic mass is 16.7. The Balaban J connectivity index is 1.73. The predicted molar refractivity (Wildman–Crippen MR) is 69.4 cm³/mol. The predicted octanol–water partition coefficient (Wildman–Crippen LogP) is 0.541. The second kappa shape index (κ2) is 5.83. The lowest BCUT2D eigenvalue weighted by molar-refractivity contribution is -0.0473. The SMILES string of the molecule is Nc1cnc(C2OCCO2)cc1CN1CCOCC1. The van der Waals surface area contributed by atoms with Gasteiger partial charge in [-0.2, -0.15) is 0 Å². The zero-order valence-electron chi connectivity index (χ0n) is 10.9. The van der Waals surface area contributed by atoms with Gasteiger partial charge < -0.3 is 19.9 Å². The summed E-state index contributed by atoms with van der Waals surface area (Å²) in [5, 5.41) is 0. The van der Waals surface area contributed by atoms with Gasteiger partial charge in [0.05, 0.1) is 44.0 Å². The molecule has 0 aliphatic carbocycles. The van der Waals surface area contributed by atoms with Gasteiger partial charge in [0.1, 0.15) is 0 Å². The molecule has 0 spiro atoms. The van der Waals surface area contributed by atoms with Gasteiger partial charge in [-0.3, -0.25) is 9.88 Å². The van der Waals surface area contributed by atoms with Crippen LogP contribution < -0.4 is 5.73 Å². The maximum absolute atomic E-state index is 6.00. The molecule has 2 aliphatic heterocycles. The van der Waals surface area contributed by atoms with Gasteiger partial charge in [-0.25, -0.2) is 0 Å². The van der Waals surface area contributed by atoms with Crippen LogP contribution in [0.1, 0.15) is 17.5 Å². The summed E-state index contributed by atoms with van der Waals surface area (Å²) in [6, 6.07) is 1.99. The van der Waals surface area contributed by atoms with Crippen molar-refractivity contribution < 1.29 is 14.2 Å². The van der Waals surface area contributed by atoms with Crippen molar-refractivity contribution in [3.8, 4) is 0 Å². The number of aromatic nitrogens is 1. The first-order valence-electron chi connectivity index (χ1n) is 6.60. The lowest BCUT2D eigenvalue weighted by atomic mass is 10.1. The quantitative estimate of drug-likeness (QED) is 0.860. The maximum Gasteiger partial charge on any atom is 0.201 e. The smallest absolute Gasteiger partial charge is 0.201 e. The fourth-order valence-electron chi connectivity index (χ4n) is 2.32. The Kier molecular flexibility index (Phi) is 3.93. The topological polar surface area (TPSA) is 69.8 Å². The van der Waals surface area contributed by atoms with Crippen molar-refractivity contribution in [3.05, 3.63) is 23.5 Å². The molecule has 1 aromatic heterocycles. The van der Waals surface area contributed by atoms with Crippen molar-refractivity contribution >= 4 is 5.69 Å². The molecule has 2 N–H and O–H groups in total. The number of ether oxygens (including phenoxy) is 3. The molecule has 2 saturated heterocycles. The van der Waals surface area contributed by atoms with E-state index in [1.807, 2.05) is 6.07 Å². The molecule has 3 heterocycles. The first kappa shape index (κ1) is 12.8. The molecule has 19 heavy (non-hydrogen) atoms. The number of rotatable bonds is 3. The van der Waals surface area contributed by atoms with Crippen LogP contribution >= 0.6 is 0 Å². The van der Waals surface area contributed by atoms with Gasteiger partial charge in [-0.1, -0.05) is 0 Å². The largest absolute Gasteiger partial charge is 0.397 e. The second-order valence-corrected chi connectivity index (χ2v) is 4.77. The standard InChI is InChI=1S/C13H19N3O3/c14-11-8-15-12(13-18-5-6-19-13)7-10(11)9-16-1-3-17-4-2-16/h7-8,13H,1-6,9,14H2. The third-order valence-corrected chi connectivity index (χ3v) is 3.41. The number of pyridine rings is 1. The molecule has 0 radical (unpaired) electrons. The first-order chi connectivity index (χ1) is 9.33. The van der Waals surface area contributed by atoms with E-state index in [0.717, 1.165) is 44.1 Å². The van der Waals surface area contributed by atoms with Crippen LogP contribution in [-0.4, -0.2) is 49.4 Å². The molecule has 0 unspecified atom stereocenters. The van der Waals surface area contributed by atoms with E-state index in [9.17, 15) is 0 Å². The van der Waals surface area contributed by atoms with Crippen LogP contribution in [0.25, 0.3) is 0 Å². The van der Waals surface area contributed by atoms with Crippen molar-refractivity contribution in [3.63, 3.8) is 0 Å². The van der Waals surface area contributed by atoms with E-state index in [0.29, 0.717) is 18.9 Å². The summed E-state index contributed by atoms with van der Waals surface area (Å²) >= 11 is 0. The minimum atomic E-state index is -0.343. The van der Waals surface area contributed by atoms with Crippen LogP contribution in [0.5, 0.6) is 0 Å². The van der Waals surface area contributed by atoms with Gasteiger partial charge in [0.15, 0.2) is 0 Å². The number of nitrogens with zero attached hydrogens (tertiary/aromatic N) is 2. The summed E-state index contributed by atoms with van der Waals surface area (Å²) in [6.45, 7) is 5.50. The van der Waals surface area contributed by atoms with Crippen LogP contribution in [-0.2, 0) is 20.8 Å². The Morgan fingerprint density at radius 2 is 1.95 bits per heavy atom. The molecule has 0 bridgehead atoms. The highest BCUT2D eigenvalue weighted by molar-refractivity contribution is 5.45. The van der Waals surface area contributed by atoms with Crippen molar-refractivity contribution in [1.29, 1.82) is 0 Å². The Morgan fingerprint density at radius 1 is 1.21 bits per heavy atom. The molecular weight excluding hydrogens is 246 g/mol. The maximum atomic E-state index is 6.00. The summed E-state index contributed by atoms with van der Waals surface area (Å²) in [7, 11) is 0. The number of hydrogen-bond acceptors (Lipinski definition) is 6. The Bertz CT molecular complexity index is 429. The van der Waals surface area contributed by atoms with Crippen molar-refractivity contribution in [2.45, 2.75) is 12.8 Å². The van der Waals surface area contributed by atoms with Crippen molar-refractivity contribution in [2.24, 2.45) is 0 Å². The minimum absolute atomic E-state index is 0.343. The minimum Gasteiger partial charge on any atom is -0.397 e. The van der Waals surface area contributed by atoms with Crippen LogP contribution in [0.15, 0.2) is 12.3 Å². The highest BCUT2D eigenvalue weighted by Gasteiger charge is 2.21.